The van der Waals surface area contributed by atoms with Crippen molar-refractivity contribution in [2.75, 3.05) is 0 Å². The quantitative estimate of drug-likeness (QED) is 0.607. The number of carbonyl (C=O) groups is 1. The maximum Gasteiger partial charge on any atom is 0.311 e. The first-order chi connectivity index (χ1) is 5.74. The first kappa shape index (κ1) is 8.13. The van der Waals surface area contributed by atoms with Crippen molar-refractivity contribution >= 4 is 5.97 Å². The van der Waals surface area contributed by atoms with E-state index in [9.17, 15) is 4.79 Å². The lowest BCUT2D eigenvalue weighted by Crippen LogP contribution is -2.09. The van der Waals surface area contributed by atoms with E-state index in [1.165, 1.54) is 0 Å². The van der Waals surface area contributed by atoms with Crippen molar-refractivity contribution in [3.8, 4) is 6.07 Å². The van der Waals surface area contributed by atoms with Crippen LogP contribution in [0.1, 0.15) is 5.82 Å². The van der Waals surface area contributed by atoms with Gasteiger partial charge in [0.05, 0.1) is 6.07 Å². The summed E-state index contributed by atoms with van der Waals surface area (Å²) >= 11 is 0. The molecule has 12 heavy (non-hydrogen) atoms. The summed E-state index contributed by atoms with van der Waals surface area (Å²) in [5, 5.41) is 26.8. The third-order valence-corrected chi connectivity index (χ3v) is 1.14. The van der Waals surface area contributed by atoms with Crippen molar-refractivity contribution in [2.45, 2.75) is 13.0 Å². The molecule has 7 nitrogen and oxygen atoms in total. The van der Waals surface area contributed by atoms with Crippen molar-refractivity contribution in [1.29, 1.82) is 5.26 Å². The van der Waals surface area contributed by atoms with Gasteiger partial charge in [0.1, 0.15) is 13.0 Å². The molecule has 0 aliphatic rings. The monoisotopic (exact) mass is 167 g/mol. The van der Waals surface area contributed by atoms with Crippen LogP contribution in [0, 0.1) is 11.3 Å². The Kier molecular flexibility index (Phi) is 2.32. The molecule has 0 fully saturated rings. The van der Waals surface area contributed by atoms with Gasteiger partial charge >= 0.3 is 5.97 Å². The molecule has 0 radical (unpaired) electrons. The second-order valence-electron chi connectivity index (χ2n) is 1.98. The largest absolute Gasteiger partial charge is 0.481 e. The van der Waals surface area contributed by atoms with E-state index < -0.39 is 5.97 Å². The molecule has 0 aliphatic carbocycles. The number of rotatable bonds is 3. The molecule has 1 aromatic rings. The fourth-order valence-electron chi connectivity index (χ4n) is 0.675. The van der Waals surface area contributed by atoms with Crippen LogP contribution in [0.4, 0.5) is 0 Å². The molecule has 1 heterocycles. The summed E-state index contributed by atoms with van der Waals surface area (Å²) in [6.07, 6.45) is -0.269. The number of tetrazole rings is 1. The van der Waals surface area contributed by atoms with Crippen LogP contribution >= 0.6 is 0 Å². The lowest BCUT2D eigenvalue weighted by Gasteiger charge is -1.94. The Bertz CT molecular complexity index is 325. The highest BCUT2D eigenvalue weighted by Gasteiger charge is 2.08. The third-order valence-electron chi connectivity index (χ3n) is 1.14. The van der Waals surface area contributed by atoms with Crippen molar-refractivity contribution < 1.29 is 9.90 Å². The fourth-order valence-corrected chi connectivity index (χ4v) is 0.675. The van der Waals surface area contributed by atoms with Crippen LogP contribution in [0.25, 0.3) is 0 Å². The predicted octanol–water partition coefficient (Wildman–Crippen LogP) is -1.18. The fraction of sp³-hybridized carbons (Fsp3) is 0.400. The van der Waals surface area contributed by atoms with Crippen molar-refractivity contribution in [3.05, 3.63) is 5.82 Å². The van der Waals surface area contributed by atoms with Gasteiger partial charge in [0.25, 0.3) is 0 Å². The summed E-state index contributed by atoms with van der Waals surface area (Å²) < 4.78 is 1.15. The molecule has 0 aliphatic heterocycles. The van der Waals surface area contributed by atoms with Gasteiger partial charge in [-0.25, -0.2) is 4.68 Å². The summed E-state index contributed by atoms with van der Waals surface area (Å²) in [7, 11) is 0. The average molecular weight is 167 g/mol. The zero-order chi connectivity index (χ0) is 8.97. The molecular formula is C5H5N5O2. The number of aromatic nitrogens is 4. The molecule has 1 aromatic heterocycles. The van der Waals surface area contributed by atoms with E-state index in [0.29, 0.717) is 0 Å². The predicted molar refractivity (Wildman–Crippen MR) is 34.8 cm³/mol. The van der Waals surface area contributed by atoms with Gasteiger partial charge in [-0.05, 0) is 10.4 Å². The van der Waals surface area contributed by atoms with Crippen LogP contribution in [0.15, 0.2) is 0 Å². The highest BCUT2D eigenvalue weighted by molar-refractivity contribution is 5.68. The number of carboxylic acid groups (broad SMARTS) is 1. The van der Waals surface area contributed by atoms with Crippen LogP contribution in [0.5, 0.6) is 0 Å². The molecule has 0 unspecified atom stereocenters. The van der Waals surface area contributed by atoms with E-state index in [0.717, 1.165) is 4.68 Å². The molecule has 0 amide bonds. The lowest BCUT2D eigenvalue weighted by molar-refractivity contribution is -0.136. The topological polar surface area (TPSA) is 105 Å². The Labute approximate surface area is 67.2 Å². The molecule has 0 saturated heterocycles. The van der Waals surface area contributed by atoms with Gasteiger partial charge in [-0.15, -0.1) is 5.10 Å². The van der Waals surface area contributed by atoms with Crippen molar-refractivity contribution in [3.63, 3.8) is 0 Å². The SMILES string of the molecule is N#CCn1nnnc1CC(=O)O. The third kappa shape index (κ3) is 1.76. The second-order valence-corrected chi connectivity index (χ2v) is 1.98. The Morgan fingerprint density at radius 1 is 1.75 bits per heavy atom. The number of hydrogen-bond donors (Lipinski definition) is 1. The van der Waals surface area contributed by atoms with Gasteiger partial charge in [0, 0.05) is 0 Å². The smallest absolute Gasteiger partial charge is 0.311 e. The van der Waals surface area contributed by atoms with Gasteiger partial charge in [0.2, 0.25) is 0 Å². The van der Waals surface area contributed by atoms with E-state index in [1.807, 2.05) is 6.07 Å². The van der Waals surface area contributed by atoms with Crippen LogP contribution < -0.4 is 0 Å². The average Bonchev–Trinajstić information content (AvgIpc) is 2.37. The van der Waals surface area contributed by atoms with E-state index >= 15 is 0 Å². The highest BCUT2D eigenvalue weighted by atomic mass is 16.4. The lowest BCUT2D eigenvalue weighted by atomic mass is 10.4. The van der Waals surface area contributed by atoms with E-state index in [2.05, 4.69) is 15.5 Å². The minimum Gasteiger partial charge on any atom is -0.481 e. The number of hydrogen-bond acceptors (Lipinski definition) is 5. The highest BCUT2D eigenvalue weighted by Crippen LogP contribution is 1.92. The Balaban J connectivity index is 2.78. The van der Waals surface area contributed by atoms with E-state index in [-0.39, 0.29) is 18.8 Å². The Hall–Kier alpha value is -1.97. The van der Waals surface area contributed by atoms with Crippen molar-refractivity contribution in [1.82, 2.24) is 20.2 Å². The van der Waals surface area contributed by atoms with Gasteiger partial charge in [-0.1, -0.05) is 0 Å². The molecule has 0 saturated carbocycles. The molecule has 62 valence electrons. The normalized spacial score (nSPS) is 9.25. The molecule has 0 bridgehead atoms. The Morgan fingerprint density at radius 2 is 2.50 bits per heavy atom. The zero-order valence-electron chi connectivity index (χ0n) is 6.01. The maximum atomic E-state index is 10.2. The molecule has 1 N–H and O–H groups in total. The summed E-state index contributed by atoms with van der Waals surface area (Å²) in [5.41, 5.74) is 0. The first-order valence-electron chi connectivity index (χ1n) is 3.08. The first-order valence-corrected chi connectivity index (χ1v) is 3.08. The standard InChI is InChI=1S/C5H5N5O2/c6-1-2-10-4(3-5(11)12)7-8-9-10/h2-3H2,(H,11,12). The number of nitrogens with zero attached hydrogens (tertiary/aromatic N) is 5. The van der Waals surface area contributed by atoms with Gasteiger partial charge in [-0.3, -0.25) is 4.79 Å². The zero-order valence-corrected chi connectivity index (χ0v) is 6.01. The van der Waals surface area contributed by atoms with Crippen LogP contribution in [-0.4, -0.2) is 31.3 Å². The van der Waals surface area contributed by atoms with Crippen LogP contribution in [0.2, 0.25) is 0 Å². The maximum absolute atomic E-state index is 10.2. The van der Waals surface area contributed by atoms with Gasteiger partial charge < -0.3 is 5.11 Å². The summed E-state index contributed by atoms with van der Waals surface area (Å²) in [4.78, 5) is 10.2. The number of nitriles is 1. The second kappa shape index (κ2) is 3.43. The van der Waals surface area contributed by atoms with Crippen LogP contribution in [-0.2, 0) is 17.8 Å². The van der Waals surface area contributed by atoms with E-state index in [4.69, 9.17) is 10.4 Å². The van der Waals surface area contributed by atoms with Crippen LogP contribution in [0.3, 0.4) is 0 Å². The molecule has 0 aromatic carbocycles. The number of aliphatic carboxylic acids is 1. The molecule has 1 rings (SSSR count). The summed E-state index contributed by atoms with van der Waals surface area (Å²) in [6.45, 7) is -0.0321. The molecular weight excluding hydrogens is 162 g/mol. The minimum atomic E-state index is -1.02. The summed E-state index contributed by atoms with van der Waals surface area (Å²) in [5.74, 6) is -0.840. The molecule has 7 heteroatoms. The Morgan fingerprint density at radius 3 is 3.08 bits per heavy atom. The number of carboxylic acids is 1. The minimum absolute atomic E-state index is 0.0321. The van der Waals surface area contributed by atoms with E-state index in [1.54, 1.807) is 0 Å². The molecule has 0 spiro atoms. The summed E-state index contributed by atoms with van der Waals surface area (Å²) in [6, 6.07) is 1.81. The molecule has 0 atom stereocenters. The van der Waals surface area contributed by atoms with Gasteiger partial charge in [0.15, 0.2) is 5.82 Å². The van der Waals surface area contributed by atoms with Crippen molar-refractivity contribution in [2.24, 2.45) is 0 Å². The van der Waals surface area contributed by atoms with Gasteiger partial charge in [-0.2, -0.15) is 5.26 Å².